The summed E-state index contributed by atoms with van der Waals surface area (Å²) in [6.45, 7) is 6.22. The number of rotatable bonds is 3. The van der Waals surface area contributed by atoms with Crippen LogP contribution in [-0.2, 0) is 15.5 Å². The zero-order valence-electron chi connectivity index (χ0n) is 13.8. The van der Waals surface area contributed by atoms with Gasteiger partial charge in [-0.25, -0.2) is 9.78 Å². The van der Waals surface area contributed by atoms with Gasteiger partial charge in [0.05, 0.1) is 16.6 Å². The third-order valence-electron chi connectivity index (χ3n) is 3.52. The molecule has 2 atom stereocenters. The van der Waals surface area contributed by atoms with E-state index in [0.717, 1.165) is 19.3 Å². The highest BCUT2D eigenvalue weighted by Crippen LogP contribution is 2.22. The first kappa shape index (κ1) is 18.4. The molecule has 1 aromatic heterocycles. The van der Waals surface area contributed by atoms with Crippen LogP contribution >= 0.6 is 15.9 Å². The van der Waals surface area contributed by atoms with Crippen molar-refractivity contribution in [3.63, 3.8) is 0 Å². The van der Waals surface area contributed by atoms with E-state index < -0.39 is 16.4 Å². The van der Waals surface area contributed by atoms with E-state index in [4.69, 9.17) is 4.74 Å². The van der Waals surface area contributed by atoms with Crippen molar-refractivity contribution < 1.29 is 13.7 Å². The number of halogens is 1. The van der Waals surface area contributed by atoms with Gasteiger partial charge in [0.2, 0.25) is 0 Å². The number of pyridine rings is 1. The van der Waals surface area contributed by atoms with Crippen molar-refractivity contribution in [2.45, 2.75) is 56.7 Å². The lowest BCUT2D eigenvalue weighted by atomic mass is 10.0. The van der Waals surface area contributed by atoms with Crippen LogP contribution in [0.25, 0.3) is 0 Å². The van der Waals surface area contributed by atoms with Crippen LogP contribution in [-0.4, -0.2) is 44.1 Å². The fourth-order valence-corrected chi connectivity index (χ4v) is 4.27. The second-order valence-electron chi connectivity index (χ2n) is 6.63. The van der Waals surface area contributed by atoms with E-state index in [1.54, 1.807) is 17.0 Å². The molecule has 0 N–H and O–H groups in total. The molecular formula is C16H23BrN2O3S. The van der Waals surface area contributed by atoms with Gasteiger partial charge in [0.25, 0.3) is 0 Å². The maximum atomic E-state index is 12.6. The minimum absolute atomic E-state index is 0.0692. The summed E-state index contributed by atoms with van der Waals surface area (Å²) >= 11 is 3.29. The van der Waals surface area contributed by atoms with E-state index in [-0.39, 0.29) is 12.1 Å². The number of hydrogen-bond acceptors (Lipinski definition) is 4. The predicted octanol–water partition coefficient (Wildman–Crippen LogP) is 3.74. The quantitative estimate of drug-likeness (QED) is 0.722. The van der Waals surface area contributed by atoms with Crippen LogP contribution in [0.1, 0.15) is 40.0 Å². The highest BCUT2D eigenvalue weighted by atomic mass is 79.9. The smallest absolute Gasteiger partial charge is 0.410 e. The van der Waals surface area contributed by atoms with Gasteiger partial charge in [0.15, 0.2) is 0 Å². The van der Waals surface area contributed by atoms with Crippen LogP contribution in [0.3, 0.4) is 0 Å². The zero-order valence-corrected chi connectivity index (χ0v) is 16.2. The summed E-state index contributed by atoms with van der Waals surface area (Å²) in [6, 6.07) is 5.30. The molecule has 0 radical (unpaired) electrons. The molecule has 23 heavy (non-hydrogen) atoms. The molecule has 0 aliphatic carbocycles. The normalized spacial score (nSPS) is 20.2. The number of carbonyl (C=O) groups is 1. The third-order valence-corrected chi connectivity index (χ3v) is 5.34. The fourth-order valence-electron chi connectivity index (χ4n) is 2.51. The predicted molar refractivity (Wildman–Crippen MR) is 93.8 cm³/mol. The second-order valence-corrected chi connectivity index (χ2v) is 8.89. The molecule has 7 heteroatoms. The van der Waals surface area contributed by atoms with Crippen LogP contribution in [0.2, 0.25) is 0 Å². The van der Waals surface area contributed by atoms with Crippen LogP contribution in [0.5, 0.6) is 0 Å². The second kappa shape index (κ2) is 7.75. The minimum Gasteiger partial charge on any atom is -0.444 e. The van der Waals surface area contributed by atoms with Gasteiger partial charge in [-0.1, -0.05) is 6.07 Å². The van der Waals surface area contributed by atoms with Gasteiger partial charge in [-0.15, -0.1) is 0 Å². The van der Waals surface area contributed by atoms with Crippen molar-refractivity contribution >= 4 is 32.8 Å². The summed E-state index contributed by atoms with van der Waals surface area (Å²) in [5.41, 5.74) is -0.524. The average molecular weight is 403 g/mol. The first-order chi connectivity index (χ1) is 10.8. The Hall–Kier alpha value is -0.950. The van der Waals surface area contributed by atoms with Gasteiger partial charge in [-0.05, 0) is 68.1 Å². The van der Waals surface area contributed by atoms with Gasteiger partial charge in [-0.2, -0.15) is 0 Å². The molecule has 0 aromatic carbocycles. The Bertz CT molecular complexity index is 589. The molecule has 0 saturated carbocycles. The summed E-state index contributed by atoms with van der Waals surface area (Å²) in [4.78, 5) is 18.4. The molecular weight excluding hydrogens is 380 g/mol. The summed E-state index contributed by atoms with van der Waals surface area (Å²) in [6.07, 6.45) is 2.52. The molecule has 128 valence electrons. The van der Waals surface area contributed by atoms with E-state index in [1.807, 2.05) is 26.8 Å². The van der Waals surface area contributed by atoms with E-state index >= 15 is 0 Å². The Balaban J connectivity index is 2.06. The number of nitrogens with zero attached hydrogens (tertiary/aromatic N) is 2. The molecule has 1 aliphatic heterocycles. The van der Waals surface area contributed by atoms with Crippen LogP contribution < -0.4 is 0 Å². The lowest BCUT2D eigenvalue weighted by molar-refractivity contribution is 0.0125. The Morgan fingerprint density at radius 3 is 2.83 bits per heavy atom. The van der Waals surface area contributed by atoms with E-state index in [1.165, 1.54) is 0 Å². The SMILES string of the molecule is CC(C)(C)OC(=O)N1CCCC[C@H]1C[S@@](=O)c1cccc(Br)n1. The number of ether oxygens (including phenoxy) is 1. The van der Waals surface area contributed by atoms with Gasteiger partial charge in [0.1, 0.15) is 15.2 Å². The molecule has 2 rings (SSSR count). The van der Waals surface area contributed by atoms with Crippen molar-refractivity contribution in [3.05, 3.63) is 22.8 Å². The van der Waals surface area contributed by atoms with Gasteiger partial charge < -0.3 is 9.64 Å². The molecule has 0 spiro atoms. The number of hydrogen-bond donors (Lipinski definition) is 0. The Labute approximate surface area is 148 Å². The highest BCUT2D eigenvalue weighted by molar-refractivity contribution is 9.10. The molecule has 1 saturated heterocycles. The molecule has 1 aliphatic rings. The first-order valence-electron chi connectivity index (χ1n) is 7.77. The lowest BCUT2D eigenvalue weighted by Crippen LogP contribution is -2.48. The number of carbonyl (C=O) groups excluding carboxylic acids is 1. The van der Waals surface area contributed by atoms with E-state index in [2.05, 4.69) is 20.9 Å². The largest absolute Gasteiger partial charge is 0.444 e. The maximum Gasteiger partial charge on any atom is 0.410 e. The highest BCUT2D eigenvalue weighted by Gasteiger charge is 2.31. The molecule has 0 bridgehead atoms. The van der Waals surface area contributed by atoms with Crippen molar-refractivity contribution in [2.75, 3.05) is 12.3 Å². The molecule has 2 heterocycles. The molecule has 1 aromatic rings. The summed E-state index contributed by atoms with van der Waals surface area (Å²) in [5.74, 6) is 0.392. The molecule has 1 fully saturated rings. The van der Waals surface area contributed by atoms with E-state index in [0.29, 0.717) is 21.9 Å². The van der Waals surface area contributed by atoms with Crippen molar-refractivity contribution in [1.82, 2.24) is 9.88 Å². The van der Waals surface area contributed by atoms with Crippen LogP contribution in [0.15, 0.2) is 27.8 Å². The third kappa shape index (κ3) is 5.57. The van der Waals surface area contributed by atoms with Crippen molar-refractivity contribution in [1.29, 1.82) is 0 Å². The molecule has 5 nitrogen and oxygen atoms in total. The van der Waals surface area contributed by atoms with Crippen molar-refractivity contribution in [3.8, 4) is 0 Å². The summed E-state index contributed by atoms with van der Waals surface area (Å²) in [7, 11) is -1.24. The number of aromatic nitrogens is 1. The average Bonchev–Trinajstić information content (AvgIpc) is 2.46. The maximum absolute atomic E-state index is 12.6. The van der Waals surface area contributed by atoms with Crippen molar-refractivity contribution in [2.24, 2.45) is 0 Å². The number of likely N-dealkylation sites (tertiary alicyclic amines) is 1. The van der Waals surface area contributed by atoms with E-state index in [9.17, 15) is 9.00 Å². The van der Waals surface area contributed by atoms with Gasteiger partial charge in [0, 0.05) is 12.6 Å². The fraction of sp³-hybridized carbons (Fsp3) is 0.625. The zero-order chi connectivity index (χ0) is 17.0. The Morgan fingerprint density at radius 2 is 2.17 bits per heavy atom. The summed E-state index contributed by atoms with van der Waals surface area (Å²) < 4.78 is 18.7. The first-order valence-corrected chi connectivity index (χ1v) is 9.88. The lowest BCUT2D eigenvalue weighted by Gasteiger charge is -2.36. The monoisotopic (exact) mass is 402 g/mol. The topological polar surface area (TPSA) is 59.5 Å². The number of amides is 1. The summed E-state index contributed by atoms with van der Waals surface area (Å²) in [5, 5.41) is 0.536. The number of piperidine rings is 1. The van der Waals surface area contributed by atoms with Crippen LogP contribution in [0, 0.1) is 0 Å². The van der Waals surface area contributed by atoms with Gasteiger partial charge >= 0.3 is 6.09 Å². The molecule has 1 amide bonds. The standard InChI is InChI=1S/C16H23BrN2O3S/c1-16(2,3)22-15(20)19-10-5-4-7-12(19)11-23(21)14-9-6-8-13(17)18-14/h6,8-9,12H,4-5,7,10-11H2,1-3H3/t12-,23+/m0/s1. The Kier molecular flexibility index (Phi) is 6.19. The van der Waals surface area contributed by atoms with Gasteiger partial charge in [-0.3, -0.25) is 4.21 Å². The minimum atomic E-state index is -1.24. The van der Waals surface area contributed by atoms with Crippen LogP contribution in [0.4, 0.5) is 4.79 Å². The Morgan fingerprint density at radius 1 is 1.43 bits per heavy atom. The molecule has 0 unspecified atom stereocenters.